The molecule has 0 aromatic heterocycles. The van der Waals surface area contributed by atoms with Gasteiger partial charge in [0, 0.05) is 24.7 Å². The number of hydrogen-bond acceptors (Lipinski definition) is 3. The summed E-state index contributed by atoms with van der Waals surface area (Å²) in [6.07, 6.45) is 1.82. The molecule has 0 unspecified atom stereocenters. The second-order valence-electron chi connectivity index (χ2n) is 3.62. The Balaban J connectivity index is 2.29. The third kappa shape index (κ3) is 5.73. The first-order valence-electron chi connectivity index (χ1n) is 5.58. The molecule has 1 aromatic carbocycles. The fraction of sp³-hybridized carbons (Fsp3) is 0.385. The van der Waals surface area contributed by atoms with Crippen molar-refractivity contribution in [3.8, 4) is 5.75 Å². The van der Waals surface area contributed by atoms with Crippen LogP contribution in [0.3, 0.4) is 0 Å². The topological polar surface area (TPSA) is 32.7 Å². The lowest BCUT2D eigenvalue weighted by atomic mass is 10.3. The molecular formula is C13H18ClNO2. The van der Waals surface area contributed by atoms with Gasteiger partial charge in [-0.15, -0.1) is 6.58 Å². The number of halogens is 1. The van der Waals surface area contributed by atoms with E-state index in [2.05, 4.69) is 11.5 Å². The predicted octanol–water partition coefficient (Wildman–Crippen LogP) is 2.20. The average Bonchev–Trinajstić information content (AvgIpc) is 2.32. The highest BCUT2D eigenvalue weighted by atomic mass is 35.5. The molecule has 0 fully saturated rings. The van der Waals surface area contributed by atoms with Gasteiger partial charge in [-0.2, -0.15) is 0 Å². The molecule has 0 radical (unpaired) electrons. The number of aliphatic hydroxyl groups excluding tert-OH is 1. The van der Waals surface area contributed by atoms with Gasteiger partial charge in [-0.05, 0) is 24.3 Å². The van der Waals surface area contributed by atoms with E-state index in [1.807, 2.05) is 18.2 Å². The predicted molar refractivity (Wildman–Crippen MR) is 70.7 cm³/mol. The van der Waals surface area contributed by atoms with E-state index in [1.54, 1.807) is 12.1 Å². The third-order valence-corrected chi connectivity index (χ3v) is 2.55. The molecule has 0 bridgehead atoms. The van der Waals surface area contributed by atoms with Crippen molar-refractivity contribution in [1.82, 2.24) is 4.90 Å². The van der Waals surface area contributed by atoms with Crippen LogP contribution in [0.4, 0.5) is 0 Å². The molecular weight excluding hydrogens is 238 g/mol. The minimum Gasteiger partial charge on any atom is -0.492 e. The summed E-state index contributed by atoms with van der Waals surface area (Å²) in [5.74, 6) is 0.803. The van der Waals surface area contributed by atoms with Gasteiger partial charge >= 0.3 is 0 Å². The molecule has 1 N–H and O–H groups in total. The van der Waals surface area contributed by atoms with Crippen LogP contribution in [0, 0.1) is 0 Å². The van der Waals surface area contributed by atoms with Crippen molar-refractivity contribution in [3.05, 3.63) is 41.9 Å². The molecule has 3 nitrogen and oxygen atoms in total. The first-order chi connectivity index (χ1) is 8.26. The number of nitrogens with zero attached hydrogens (tertiary/aromatic N) is 1. The van der Waals surface area contributed by atoms with Gasteiger partial charge in [0.2, 0.25) is 0 Å². The second kappa shape index (κ2) is 8.12. The van der Waals surface area contributed by atoms with E-state index in [9.17, 15) is 0 Å². The van der Waals surface area contributed by atoms with E-state index >= 15 is 0 Å². The minimum absolute atomic E-state index is 0.148. The first kappa shape index (κ1) is 14.0. The zero-order valence-corrected chi connectivity index (χ0v) is 10.6. The summed E-state index contributed by atoms with van der Waals surface area (Å²) in [7, 11) is 0. The van der Waals surface area contributed by atoms with Crippen LogP contribution in [0.15, 0.2) is 36.9 Å². The molecule has 0 spiro atoms. The lowest BCUT2D eigenvalue weighted by Crippen LogP contribution is -2.31. The van der Waals surface area contributed by atoms with Gasteiger partial charge in [-0.25, -0.2) is 0 Å². The molecule has 1 rings (SSSR count). The highest BCUT2D eigenvalue weighted by Crippen LogP contribution is 2.15. The zero-order valence-electron chi connectivity index (χ0n) is 9.81. The standard InChI is InChI=1S/C13H18ClNO2/c1-2-7-15(8-10-16)9-11-17-13-5-3-12(14)4-6-13/h2-6,16H,1,7-11H2. The Bertz CT molecular complexity index is 327. The maximum Gasteiger partial charge on any atom is 0.119 e. The molecule has 0 saturated heterocycles. The molecule has 0 amide bonds. The van der Waals surface area contributed by atoms with Gasteiger partial charge in [-0.1, -0.05) is 17.7 Å². The number of aliphatic hydroxyl groups is 1. The van der Waals surface area contributed by atoms with E-state index in [1.165, 1.54) is 0 Å². The van der Waals surface area contributed by atoms with Crippen LogP contribution >= 0.6 is 11.6 Å². The van der Waals surface area contributed by atoms with Gasteiger partial charge in [0.15, 0.2) is 0 Å². The molecule has 0 aliphatic carbocycles. The van der Waals surface area contributed by atoms with E-state index in [0.717, 1.165) is 18.8 Å². The first-order valence-corrected chi connectivity index (χ1v) is 5.96. The maximum absolute atomic E-state index is 8.88. The Morgan fingerprint density at radius 1 is 1.29 bits per heavy atom. The molecule has 0 atom stereocenters. The minimum atomic E-state index is 0.148. The lowest BCUT2D eigenvalue weighted by molar-refractivity contribution is 0.180. The van der Waals surface area contributed by atoms with E-state index < -0.39 is 0 Å². The third-order valence-electron chi connectivity index (χ3n) is 2.29. The summed E-state index contributed by atoms with van der Waals surface area (Å²) in [6.45, 7) is 6.55. The number of hydrogen-bond donors (Lipinski definition) is 1. The van der Waals surface area contributed by atoms with Crippen LogP contribution < -0.4 is 4.74 Å². The monoisotopic (exact) mass is 255 g/mol. The van der Waals surface area contributed by atoms with Crippen LogP contribution in [0.25, 0.3) is 0 Å². The van der Waals surface area contributed by atoms with Gasteiger partial charge in [0.1, 0.15) is 12.4 Å². The molecule has 0 aliphatic heterocycles. The number of benzene rings is 1. The summed E-state index contributed by atoms with van der Waals surface area (Å²) in [4.78, 5) is 2.07. The highest BCUT2D eigenvalue weighted by Gasteiger charge is 2.02. The van der Waals surface area contributed by atoms with E-state index in [4.69, 9.17) is 21.4 Å². The van der Waals surface area contributed by atoms with Gasteiger partial charge in [0.25, 0.3) is 0 Å². The number of ether oxygens (including phenoxy) is 1. The van der Waals surface area contributed by atoms with Crippen molar-refractivity contribution in [1.29, 1.82) is 0 Å². The largest absolute Gasteiger partial charge is 0.492 e. The van der Waals surface area contributed by atoms with Crippen LogP contribution in [0.1, 0.15) is 0 Å². The average molecular weight is 256 g/mol. The van der Waals surface area contributed by atoms with E-state index in [-0.39, 0.29) is 6.61 Å². The van der Waals surface area contributed by atoms with Crippen molar-refractivity contribution in [2.45, 2.75) is 0 Å². The van der Waals surface area contributed by atoms with Crippen LogP contribution in [0.2, 0.25) is 5.02 Å². The van der Waals surface area contributed by atoms with Gasteiger partial charge in [-0.3, -0.25) is 4.90 Å². The zero-order chi connectivity index (χ0) is 12.5. The highest BCUT2D eigenvalue weighted by molar-refractivity contribution is 6.30. The number of rotatable bonds is 8. The Labute approximate surface area is 107 Å². The van der Waals surface area contributed by atoms with Crippen LogP contribution in [-0.4, -0.2) is 42.9 Å². The Kier molecular flexibility index (Phi) is 6.70. The lowest BCUT2D eigenvalue weighted by Gasteiger charge is -2.19. The summed E-state index contributed by atoms with van der Waals surface area (Å²) in [6, 6.07) is 7.27. The molecule has 0 saturated carbocycles. The maximum atomic E-state index is 8.88. The summed E-state index contributed by atoms with van der Waals surface area (Å²) >= 11 is 5.78. The molecule has 17 heavy (non-hydrogen) atoms. The van der Waals surface area contributed by atoms with Gasteiger partial charge < -0.3 is 9.84 Å². The molecule has 1 aromatic rings. The fourth-order valence-electron chi connectivity index (χ4n) is 1.44. The molecule has 4 heteroatoms. The molecule has 0 aliphatic rings. The fourth-order valence-corrected chi connectivity index (χ4v) is 1.57. The normalized spacial score (nSPS) is 10.5. The van der Waals surface area contributed by atoms with Crippen molar-refractivity contribution in [2.75, 3.05) is 32.8 Å². The Morgan fingerprint density at radius 3 is 2.59 bits per heavy atom. The SMILES string of the molecule is C=CCN(CCO)CCOc1ccc(Cl)cc1. The van der Waals surface area contributed by atoms with Crippen molar-refractivity contribution < 1.29 is 9.84 Å². The quantitative estimate of drug-likeness (QED) is 0.723. The van der Waals surface area contributed by atoms with Crippen LogP contribution in [-0.2, 0) is 0 Å². The van der Waals surface area contributed by atoms with Crippen molar-refractivity contribution >= 4 is 11.6 Å². The summed E-state index contributed by atoms with van der Waals surface area (Å²) < 4.78 is 5.57. The Morgan fingerprint density at radius 2 is 2.00 bits per heavy atom. The van der Waals surface area contributed by atoms with E-state index in [0.29, 0.717) is 18.2 Å². The second-order valence-corrected chi connectivity index (χ2v) is 4.05. The molecule has 0 heterocycles. The summed E-state index contributed by atoms with van der Waals surface area (Å²) in [5, 5.41) is 9.58. The van der Waals surface area contributed by atoms with Crippen molar-refractivity contribution in [2.24, 2.45) is 0 Å². The van der Waals surface area contributed by atoms with Crippen molar-refractivity contribution in [3.63, 3.8) is 0 Å². The molecule has 94 valence electrons. The smallest absolute Gasteiger partial charge is 0.119 e. The van der Waals surface area contributed by atoms with Crippen LogP contribution in [0.5, 0.6) is 5.75 Å². The van der Waals surface area contributed by atoms with Gasteiger partial charge in [0.05, 0.1) is 6.61 Å². The summed E-state index contributed by atoms with van der Waals surface area (Å²) in [5.41, 5.74) is 0. The Hall–Kier alpha value is -1.03.